The molecular weight excluding hydrogens is 196 g/mol. The lowest BCUT2D eigenvalue weighted by Crippen LogP contribution is -2.39. The summed E-state index contributed by atoms with van der Waals surface area (Å²) in [6, 6.07) is 0.767. The smallest absolute Gasteiger partial charge is 0.00670 e. The molecule has 1 aliphatic heterocycles. The van der Waals surface area contributed by atoms with Gasteiger partial charge in [0.15, 0.2) is 0 Å². The maximum Gasteiger partial charge on any atom is 0.00670 e. The van der Waals surface area contributed by atoms with Gasteiger partial charge in [0.2, 0.25) is 0 Å². The van der Waals surface area contributed by atoms with Gasteiger partial charge < -0.3 is 10.6 Å². The van der Waals surface area contributed by atoms with Gasteiger partial charge in [0.05, 0.1) is 0 Å². The average molecular weight is 226 g/mol. The second-order valence-electron chi connectivity index (χ2n) is 5.92. The van der Waals surface area contributed by atoms with Crippen LogP contribution in [-0.2, 0) is 0 Å². The first-order valence-corrected chi connectivity index (χ1v) is 7.07. The van der Waals surface area contributed by atoms with Crippen LogP contribution < -0.4 is 5.73 Å². The molecule has 1 aliphatic rings. The molecule has 2 nitrogen and oxygen atoms in total. The predicted molar refractivity (Wildman–Crippen MR) is 71.5 cm³/mol. The summed E-state index contributed by atoms with van der Waals surface area (Å²) in [5.74, 6) is 1.47. The molecule has 2 heteroatoms. The Bertz CT molecular complexity index is 180. The van der Waals surface area contributed by atoms with E-state index in [1.54, 1.807) is 0 Å². The number of nitrogens with two attached hydrogens (primary N) is 1. The normalized spacial score (nSPS) is 25.7. The number of likely N-dealkylation sites (tertiary alicyclic amines) is 1. The van der Waals surface area contributed by atoms with Gasteiger partial charge in [-0.3, -0.25) is 0 Å². The van der Waals surface area contributed by atoms with Crippen LogP contribution in [0.4, 0.5) is 0 Å². The topological polar surface area (TPSA) is 29.3 Å². The molecule has 96 valence electrons. The van der Waals surface area contributed by atoms with Crippen LogP contribution in [0.25, 0.3) is 0 Å². The first-order chi connectivity index (χ1) is 7.63. The highest BCUT2D eigenvalue weighted by Crippen LogP contribution is 2.19. The van der Waals surface area contributed by atoms with Crippen molar-refractivity contribution in [2.24, 2.45) is 17.6 Å². The minimum atomic E-state index is 0.695. The number of hydrogen-bond donors (Lipinski definition) is 1. The highest BCUT2D eigenvalue weighted by atomic mass is 15.2. The van der Waals surface area contributed by atoms with E-state index in [4.69, 9.17) is 5.73 Å². The predicted octanol–water partition coefficient (Wildman–Crippen LogP) is 2.87. The molecule has 1 heterocycles. The fourth-order valence-electron chi connectivity index (χ4n) is 2.85. The Hall–Kier alpha value is -0.0800. The van der Waals surface area contributed by atoms with E-state index in [1.165, 1.54) is 45.2 Å². The maximum absolute atomic E-state index is 5.90. The highest BCUT2D eigenvalue weighted by Gasteiger charge is 2.20. The summed E-state index contributed by atoms with van der Waals surface area (Å²) in [7, 11) is 0. The molecule has 0 aromatic heterocycles. The Labute approximate surface area is 102 Å². The van der Waals surface area contributed by atoms with Gasteiger partial charge in [0, 0.05) is 12.6 Å². The summed E-state index contributed by atoms with van der Waals surface area (Å²) >= 11 is 0. The Balaban J connectivity index is 2.41. The molecule has 16 heavy (non-hydrogen) atoms. The molecule has 0 aromatic rings. The molecule has 0 saturated carbocycles. The third-order valence-electron chi connectivity index (χ3n) is 3.82. The van der Waals surface area contributed by atoms with Crippen LogP contribution in [0.2, 0.25) is 0 Å². The number of hydrogen-bond acceptors (Lipinski definition) is 2. The maximum atomic E-state index is 5.90. The van der Waals surface area contributed by atoms with Crippen molar-refractivity contribution < 1.29 is 0 Å². The van der Waals surface area contributed by atoms with Gasteiger partial charge in [0.1, 0.15) is 0 Å². The van der Waals surface area contributed by atoms with Gasteiger partial charge in [-0.1, -0.05) is 26.7 Å². The van der Waals surface area contributed by atoms with E-state index < -0.39 is 0 Å². The van der Waals surface area contributed by atoms with E-state index in [1.807, 2.05) is 0 Å². The Morgan fingerprint density at radius 3 is 2.62 bits per heavy atom. The zero-order chi connectivity index (χ0) is 12.0. The number of nitrogens with zero attached hydrogens (tertiary/aromatic N) is 1. The monoisotopic (exact) mass is 226 g/mol. The molecule has 1 rings (SSSR count). The molecule has 1 fully saturated rings. The van der Waals surface area contributed by atoms with E-state index in [0.717, 1.165) is 18.5 Å². The molecule has 0 aliphatic carbocycles. The molecular formula is C14H30N2. The third-order valence-corrected chi connectivity index (χ3v) is 3.82. The molecule has 0 amide bonds. The van der Waals surface area contributed by atoms with Crippen molar-refractivity contribution in [3.63, 3.8) is 0 Å². The third kappa shape index (κ3) is 4.84. The van der Waals surface area contributed by atoms with Gasteiger partial charge in [0.25, 0.3) is 0 Å². The van der Waals surface area contributed by atoms with Crippen molar-refractivity contribution >= 4 is 0 Å². The summed E-state index contributed by atoms with van der Waals surface area (Å²) in [6.45, 7) is 10.3. The van der Waals surface area contributed by atoms with E-state index in [0.29, 0.717) is 5.92 Å². The van der Waals surface area contributed by atoms with E-state index in [9.17, 15) is 0 Å². The number of rotatable bonds is 5. The first-order valence-electron chi connectivity index (χ1n) is 7.07. The molecule has 2 unspecified atom stereocenters. The van der Waals surface area contributed by atoms with Crippen molar-refractivity contribution in [3.05, 3.63) is 0 Å². The summed E-state index contributed by atoms with van der Waals surface area (Å²) in [6.07, 6.45) is 6.86. The first kappa shape index (κ1) is 14.0. The van der Waals surface area contributed by atoms with E-state index >= 15 is 0 Å². The zero-order valence-electron chi connectivity index (χ0n) is 11.4. The Morgan fingerprint density at radius 2 is 2.00 bits per heavy atom. The van der Waals surface area contributed by atoms with Crippen molar-refractivity contribution in [2.45, 2.75) is 58.9 Å². The Morgan fingerprint density at radius 1 is 1.25 bits per heavy atom. The summed E-state index contributed by atoms with van der Waals surface area (Å²) in [4.78, 5) is 2.67. The van der Waals surface area contributed by atoms with Crippen molar-refractivity contribution in [1.82, 2.24) is 4.90 Å². The fraction of sp³-hybridized carbons (Fsp3) is 1.00. The van der Waals surface area contributed by atoms with Crippen LogP contribution in [0.5, 0.6) is 0 Å². The average Bonchev–Trinajstić information content (AvgIpc) is 2.42. The van der Waals surface area contributed by atoms with Crippen molar-refractivity contribution in [2.75, 3.05) is 19.6 Å². The van der Waals surface area contributed by atoms with Crippen LogP contribution in [0.3, 0.4) is 0 Å². The lowest BCUT2D eigenvalue weighted by atomic mass is 9.96. The molecule has 0 aromatic carbocycles. The highest BCUT2D eigenvalue weighted by molar-refractivity contribution is 4.75. The zero-order valence-corrected chi connectivity index (χ0v) is 11.4. The van der Waals surface area contributed by atoms with Gasteiger partial charge in [-0.05, 0) is 51.1 Å². The summed E-state index contributed by atoms with van der Waals surface area (Å²) in [5, 5.41) is 0. The minimum Gasteiger partial charge on any atom is -0.330 e. The quantitative estimate of drug-likeness (QED) is 0.781. The van der Waals surface area contributed by atoms with Crippen LogP contribution in [-0.4, -0.2) is 30.6 Å². The van der Waals surface area contributed by atoms with Crippen molar-refractivity contribution in [3.8, 4) is 0 Å². The van der Waals surface area contributed by atoms with Crippen LogP contribution in [0.15, 0.2) is 0 Å². The van der Waals surface area contributed by atoms with Gasteiger partial charge in [-0.15, -0.1) is 0 Å². The lowest BCUT2D eigenvalue weighted by molar-refractivity contribution is 0.172. The standard InChI is InChI=1S/C14H30N2/c1-12(2)9-14(10-15)11-16-8-6-4-5-7-13(16)3/h12-14H,4-11,15H2,1-3H3. The fourth-order valence-corrected chi connectivity index (χ4v) is 2.85. The summed E-state index contributed by atoms with van der Waals surface area (Å²) in [5.41, 5.74) is 5.90. The van der Waals surface area contributed by atoms with Crippen LogP contribution >= 0.6 is 0 Å². The van der Waals surface area contributed by atoms with Crippen LogP contribution in [0, 0.1) is 11.8 Å². The molecule has 0 spiro atoms. The van der Waals surface area contributed by atoms with E-state index in [2.05, 4.69) is 25.7 Å². The van der Waals surface area contributed by atoms with Gasteiger partial charge in [-0.2, -0.15) is 0 Å². The van der Waals surface area contributed by atoms with Crippen molar-refractivity contribution in [1.29, 1.82) is 0 Å². The molecule has 0 bridgehead atoms. The second-order valence-corrected chi connectivity index (χ2v) is 5.92. The SMILES string of the molecule is CC(C)CC(CN)CN1CCCCCC1C. The van der Waals surface area contributed by atoms with Crippen LogP contribution in [0.1, 0.15) is 52.9 Å². The second kappa shape index (κ2) is 7.29. The molecule has 2 N–H and O–H groups in total. The minimum absolute atomic E-state index is 0.695. The summed E-state index contributed by atoms with van der Waals surface area (Å²) < 4.78 is 0. The molecule has 0 radical (unpaired) electrons. The van der Waals surface area contributed by atoms with E-state index in [-0.39, 0.29) is 0 Å². The van der Waals surface area contributed by atoms with Gasteiger partial charge >= 0.3 is 0 Å². The largest absolute Gasteiger partial charge is 0.330 e. The lowest BCUT2D eigenvalue weighted by Gasteiger charge is -2.31. The Kier molecular flexibility index (Phi) is 6.37. The molecule has 2 atom stereocenters. The van der Waals surface area contributed by atoms with Gasteiger partial charge in [-0.25, -0.2) is 0 Å². The molecule has 1 saturated heterocycles.